The quantitative estimate of drug-likeness (QED) is 0.908. The van der Waals surface area contributed by atoms with Crippen LogP contribution in [0.4, 0.5) is 4.79 Å². The molecule has 1 N–H and O–H groups in total. The first-order valence-electron chi connectivity index (χ1n) is 6.54. The lowest BCUT2D eigenvalue weighted by Crippen LogP contribution is -2.42. The van der Waals surface area contributed by atoms with Crippen LogP contribution in [0.3, 0.4) is 0 Å². The predicted molar refractivity (Wildman–Crippen MR) is 72.3 cm³/mol. The third-order valence-electron chi connectivity index (χ3n) is 2.89. The molecule has 1 aliphatic rings. The minimum Gasteiger partial charge on any atom is -0.454 e. The van der Waals surface area contributed by atoms with Gasteiger partial charge in [0.1, 0.15) is 0 Å². The zero-order valence-electron chi connectivity index (χ0n) is 11.6. The van der Waals surface area contributed by atoms with Crippen LogP contribution in [0.15, 0.2) is 18.2 Å². The van der Waals surface area contributed by atoms with Crippen LogP contribution in [0.5, 0.6) is 11.5 Å². The summed E-state index contributed by atoms with van der Waals surface area (Å²) in [4.78, 5) is 13.7. The van der Waals surface area contributed by atoms with E-state index in [4.69, 9.17) is 9.47 Å². The summed E-state index contributed by atoms with van der Waals surface area (Å²) in [5.41, 5.74) is 1.03. The number of hydrogen-bond acceptors (Lipinski definition) is 3. The molecule has 0 saturated carbocycles. The van der Waals surface area contributed by atoms with Crippen molar-refractivity contribution in [2.45, 2.75) is 33.4 Å². The number of carbonyl (C=O) groups excluding carboxylic acids is 1. The Balaban J connectivity index is 2.04. The van der Waals surface area contributed by atoms with E-state index in [1.165, 1.54) is 0 Å². The van der Waals surface area contributed by atoms with Gasteiger partial charge < -0.3 is 19.7 Å². The third-order valence-corrected chi connectivity index (χ3v) is 2.89. The maximum atomic E-state index is 12.0. The van der Waals surface area contributed by atoms with Gasteiger partial charge in [0, 0.05) is 19.1 Å². The van der Waals surface area contributed by atoms with Crippen LogP contribution >= 0.6 is 0 Å². The SMILES string of the molecule is CCN(Cc1ccc2c(c1)OCO2)C(=O)NC(C)C. The van der Waals surface area contributed by atoms with Gasteiger partial charge in [-0.3, -0.25) is 0 Å². The number of ether oxygens (including phenoxy) is 2. The number of fused-ring (bicyclic) bond motifs is 1. The topological polar surface area (TPSA) is 50.8 Å². The molecule has 0 bridgehead atoms. The first-order valence-corrected chi connectivity index (χ1v) is 6.54. The molecule has 1 aromatic rings. The van der Waals surface area contributed by atoms with Gasteiger partial charge in [0.2, 0.25) is 6.79 Å². The zero-order valence-corrected chi connectivity index (χ0v) is 11.6. The Morgan fingerprint density at radius 3 is 2.79 bits per heavy atom. The summed E-state index contributed by atoms with van der Waals surface area (Å²) in [6.45, 7) is 7.36. The Hall–Kier alpha value is -1.91. The van der Waals surface area contributed by atoms with Gasteiger partial charge in [-0.05, 0) is 38.5 Å². The fraction of sp³-hybridized carbons (Fsp3) is 0.500. The average molecular weight is 264 g/mol. The normalized spacial score (nSPS) is 12.6. The van der Waals surface area contributed by atoms with Crippen LogP contribution in [0.1, 0.15) is 26.3 Å². The molecule has 2 rings (SSSR count). The van der Waals surface area contributed by atoms with Crippen molar-refractivity contribution in [3.63, 3.8) is 0 Å². The van der Waals surface area contributed by atoms with Gasteiger partial charge in [0.05, 0.1) is 0 Å². The van der Waals surface area contributed by atoms with E-state index in [0.29, 0.717) is 13.1 Å². The lowest BCUT2D eigenvalue weighted by atomic mass is 10.2. The number of rotatable bonds is 4. The van der Waals surface area contributed by atoms with Crippen molar-refractivity contribution >= 4 is 6.03 Å². The Bertz CT molecular complexity index is 460. The molecule has 0 atom stereocenters. The molecule has 5 nitrogen and oxygen atoms in total. The number of urea groups is 1. The summed E-state index contributed by atoms with van der Waals surface area (Å²) < 4.78 is 10.6. The van der Waals surface area contributed by atoms with Crippen molar-refractivity contribution in [1.29, 1.82) is 0 Å². The molecule has 5 heteroatoms. The first kappa shape index (κ1) is 13.5. The summed E-state index contributed by atoms with van der Waals surface area (Å²) in [6.07, 6.45) is 0. The fourth-order valence-electron chi connectivity index (χ4n) is 1.93. The van der Waals surface area contributed by atoms with E-state index in [9.17, 15) is 4.79 Å². The van der Waals surface area contributed by atoms with E-state index in [1.807, 2.05) is 39.0 Å². The van der Waals surface area contributed by atoms with Crippen LogP contribution in [0.25, 0.3) is 0 Å². The van der Waals surface area contributed by atoms with Gasteiger partial charge in [-0.15, -0.1) is 0 Å². The third kappa shape index (κ3) is 3.30. The molecule has 1 aromatic carbocycles. The minimum absolute atomic E-state index is 0.0461. The molecule has 0 saturated heterocycles. The molecule has 0 fully saturated rings. The largest absolute Gasteiger partial charge is 0.454 e. The van der Waals surface area contributed by atoms with Crippen molar-refractivity contribution in [2.24, 2.45) is 0 Å². The predicted octanol–water partition coefficient (Wildman–Crippen LogP) is 2.36. The van der Waals surface area contributed by atoms with Crippen LogP contribution in [0, 0.1) is 0 Å². The van der Waals surface area contributed by atoms with E-state index in [0.717, 1.165) is 17.1 Å². The Labute approximate surface area is 113 Å². The molecule has 1 aliphatic heterocycles. The van der Waals surface area contributed by atoms with Gasteiger partial charge in [-0.2, -0.15) is 0 Å². The Morgan fingerprint density at radius 1 is 1.37 bits per heavy atom. The number of nitrogens with one attached hydrogen (secondary N) is 1. The summed E-state index contributed by atoms with van der Waals surface area (Å²) in [7, 11) is 0. The maximum absolute atomic E-state index is 12.0. The van der Waals surface area contributed by atoms with Crippen LogP contribution < -0.4 is 14.8 Å². The number of nitrogens with zero attached hydrogens (tertiary/aromatic N) is 1. The second kappa shape index (κ2) is 5.82. The second-order valence-electron chi connectivity index (χ2n) is 4.81. The Kier molecular flexibility index (Phi) is 4.14. The summed E-state index contributed by atoms with van der Waals surface area (Å²) >= 11 is 0. The minimum atomic E-state index is -0.0461. The van der Waals surface area contributed by atoms with Gasteiger partial charge in [0.15, 0.2) is 11.5 Å². The maximum Gasteiger partial charge on any atom is 0.317 e. The highest BCUT2D eigenvalue weighted by Crippen LogP contribution is 2.32. The molecule has 0 unspecified atom stereocenters. The molecular formula is C14H20N2O3. The van der Waals surface area contributed by atoms with Crippen LogP contribution in [-0.2, 0) is 6.54 Å². The fourth-order valence-corrected chi connectivity index (χ4v) is 1.93. The van der Waals surface area contributed by atoms with E-state index >= 15 is 0 Å². The molecule has 104 valence electrons. The van der Waals surface area contributed by atoms with E-state index in [1.54, 1.807) is 4.90 Å². The average Bonchev–Trinajstić information content (AvgIpc) is 2.82. The second-order valence-corrected chi connectivity index (χ2v) is 4.81. The summed E-state index contributed by atoms with van der Waals surface area (Å²) in [6, 6.07) is 5.85. The smallest absolute Gasteiger partial charge is 0.317 e. The first-order chi connectivity index (χ1) is 9.10. The number of amides is 2. The lowest BCUT2D eigenvalue weighted by molar-refractivity contribution is 0.173. The van der Waals surface area contributed by atoms with E-state index < -0.39 is 0 Å². The van der Waals surface area contributed by atoms with Crippen molar-refractivity contribution in [1.82, 2.24) is 10.2 Å². The molecule has 19 heavy (non-hydrogen) atoms. The van der Waals surface area contributed by atoms with Gasteiger partial charge in [0.25, 0.3) is 0 Å². The zero-order chi connectivity index (χ0) is 13.8. The summed E-state index contributed by atoms with van der Waals surface area (Å²) in [5, 5.41) is 2.90. The van der Waals surface area contributed by atoms with E-state index in [2.05, 4.69) is 5.32 Å². The highest BCUT2D eigenvalue weighted by molar-refractivity contribution is 5.74. The van der Waals surface area contributed by atoms with Gasteiger partial charge >= 0.3 is 6.03 Å². The molecule has 0 aromatic heterocycles. The number of carbonyl (C=O) groups is 1. The van der Waals surface area contributed by atoms with Crippen LogP contribution in [-0.4, -0.2) is 30.3 Å². The van der Waals surface area contributed by atoms with E-state index in [-0.39, 0.29) is 18.9 Å². The van der Waals surface area contributed by atoms with Crippen molar-refractivity contribution < 1.29 is 14.3 Å². The lowest BCUT2D eigenvalue weighted by Gasteiger charge is -2.23. The highest BCUT2D eigenvalue weighted by Gasteiger charge is 2.16. The summed E-state index contributed by atoms with van der Waals surface area (Å²) in [5.74, 6) is 1.51. The highest BCUT2D eigenvalue weighted by atomic mass is 16.7. The van der Waals surface area contributed by atoms with Gasteiger partial charge in [-0.25, -0.2) is 4.79 Å². The van der Waals surface area contributed by atoms with Gasteiger partial charge in [-0.1, -0.05) is 6.07 Å². The molecule has 2 amide bonds. The number of hydrogen-bond donors (Lipinski definition) is 1. The molecule has 0 spiro atoms. The Morgan fingerprint density at radius 2 is 2.11 bits per heavy atom. The standard InChI is InChI=1S/C14H20N2O3/c1-4-16(14(17)15-10(2)3)8-11-5-6-12-13(7-11)19-9-18-12/h5-7,10H,4,8-9H2,1-3H3,(H,15,17). The van der Waals surface area contributed by atoms with Crippen molar-refractivity contribution in [3.05, 3.63) is 23.8 Å². The van der Waals surface area contributed by atoms with Crippen LogP contribution in [0.2, 0.25) is 0 Å². The number of benzene rings is 1. The van der Waals surface area contributed by atoms with Crippen molar-refractivity contribution in [3.8, 4) is 11.5 Å². The molecular weight excluding hydrogens is 244 g/mol. The molecule has 0 radical (unpaired) electrons. The molecule has 0 aliphatic carbocycles. The van der Waals surface area contributed by atoms with Crippen molar-refractivity contribution in [2.75, 3.05) is 13.3 Å². The molecule has 1 heterocycles. The monoisotopic (exact) mass is 264 g/mol.